The van der Waals surface area contributed by atoms with Gasteiger partial charge in [0.15, 0.2) is 5.83 Å². The van der Waals surface area contributed by atoms with Crippen molar-refractivity contribution in [3.63, 3.8) is 0 Å². The Morgan fingerprint density at radius 2 is 1.84 bits per heavy atom. The lowest BCUT2D eigenvalue weighted by molar-refractivity contribution is -0.270. The maximum Gasteiger partial charge on any atom is 0.460 e. The highest BCUT2D eigenvalue weighted by molar-refractivity contribution is 5.40. The predicted molar refractivity (Wildman–Crippen MR) is 134 cm³/mol. The maximum atomic E-state index is 13.4. The average molecular weight is 548 g/mol. The van der Waals surface area contributed by atoms with Gasteiger partial charge < -0.3 is 15.1 Å². The number of aromatic hydroxyl groups is 1. The SMILES string of the molecule is CN(CC=C(F)C(F)(F)C(F)(F)F)CCCCC[C@H]1C[C@]2(C)[C@@H](O)CC[C@H]2[C@@H]2CCc3cc(O)ccc3[C@@H]12. The van der Waals surface area contributed by atoms with Gasteiger partial charge in [-0.25, -0.2) is 4.39 Å². The van der Waals surface area contributed by atoms with E-state index in [-0.39, 0.29) is 23.8 Å². The van der Waals surface area contributed by atoms with E-state index in [1.165, 1.54) is 16.0 Å². The molecule has 4 rings (SSSR count). The zero-order valence-electron chi connectivity index (χ0n) is 22.1. The Morgan fingerprint density at radius 1 is 1.11 bits per heavy atom. The average Bonchev–Trinajstić information content (AvgIpc) is 3.14. The molecule has 0 aliphatic heterocycles. The van der Waals surface area contributed by atoms with Crippen molar-refractivity contribution in [1.82, 2.24) is 4.90 Å². The number of rotatable bonds is 9. The zero-order chi connectivity index (χ0) is 27.9. The quantitative estimate of drug-likeness (QED) is 0.251. The van der Waals surface area contributed by atoms with Crippen LogP contribution in [-0.2, 0) is 6.42 Å². The lowest BCUT2D eigenvalue weighted by Gasteiger charge is -2.54. The lowest BCUT2D eigenvalue weighted by Crippen LogP contribution is -2.47. The highest BCUT2D eigenvalue weighted by Crippen LogP contribution is 2.63. The summed E-state index contributed by atoms with van der Waals surface area (Å²) in [6.07, 6.45) is 2.40. The molecule has 2 N–H and O–H groups in total. The van der Waals surface area contributed by atoms with Crippen LogP contribution in [-0.4, -0.2) is 53.5 Å². The van der Waals surface area contributed by atoms with Crippen molar-refractivity contribution >= 4 is 0 Å². The summed E-state index contributed by atoms with van der Waals surface area (Å²) in [5.41, 5.74) is 2.46. The Hall–Kier alpha value is -1.74. The topological polar surface area (TPSA) is 43.7 Å². The molecule has 0 saturated heterocycles. The van der Waals surface area contributed by atoms with Crippen molar-refractivity contribution in [3.05, 3.63) is 41.2 Å². The van der Waals surface area contributed by atoms with Gasteiger partial charge in [0.05, 0.1) is 6.10 Å². The van der Waals surface area contributed by atoms with Gasteiger partial charge in [-0.3, -0.25) is 0 Å². The Labute approximate surface area is 220 Å². The smallest absolute Gasteiger partial charge is 0.460 e. The molecule has 2 fully saturated rings. The number of phenolic OH excluding ortho intramolecular Hbond substituents is 1. The largest absolute Gasteiger partial charge is 0.508 e. The molecule has 2 saturated carbocycles. The van der Waals surface area contributed by atoms with E-state index in [9.17, 15) is 36.6 Å². The predicted octanol–water partition coefficient (Wildman–Crippen LogP) is 7.38. The summed E-state index contributed by atoms with van der Waals surface area (Å²) in [6.45, 7) is 2.37. The molecule has 214 valence electrons. The van der Waals surface area contributed by atoms with E-state index >= 15 is 0 Å². The van der Waals surface area contributed by atoms with Gasteiger partial charge in [-0.15, -0.1) is 0 Å². The summed E-state index contributed by atoms with van der Waals surface area (Å²) in [5, 5.41) is 20.9. The van der Waals surface area contributed by atoms with Crippen LogP contribution in [0.25, 0.3) is 0 Å². The number of halogens is 6. The van der Waals surface area contributed by atoms with Crippen LogP contribution in [0.1, 0.15) is 75.3 Å². The third-order valence-electron chi connectivity index (χ3n) is 9.63. The minimum atomic E-state index is -5.95. The molecule has 3 aliphatic rings. The fourth-order valence-electron chi connectivity index (χ4n) is 7.69. The molecule has 0 unspecified atom stereocenters. The summed E-state index contributed by atoms with van der Waals surface area (Å²) in [7, 11) is 1.57. The fraction of sp³-hybridized carbons (Fsp3) is 0.724. The Balaban J connectivity index is 1.34. The van der Waals surface area contributed by atoms with Crippen molar-refractivity contribution < 1.29 is 36.6 Å². The highest BCUT2D eigenvalue weighted by atomic mass is 19.4. The van der Waals surface area contributed by atoms with Crippen molar-refractivity contribution in [3.8, 4) is 5.75 Å². The van der Waals surface area contributed by atoms with Gasteiger partial charge in [-0.2, -0.15) is 22.0 Å². The second kappa shape index (κ2) is 11.0. The van der Waals surface area contributed by atoms with E-state index in [1.54, 1.807) is 13.1 Å². The standard InChI is InChI=1S/C29H39F6NO2/c1-27-17-19(6-4-3-5-14-36(2)15-13-24(30)28(31,32)29(33,34)35)26-21-10-8-20(37)16-18(21)7-9-22(26)23(27)11-12-25(27)38/h8,10,13,16,19,22-23,25-26,37-38H,3-7,9,11-12,14-15,17H2,1-2H3/t19-,22-,23-,25-,26+,27-/m0/s1. The van der Waals surface area contributed by atoms with Crippen LogP contribution in [0.5, 0.6) is 5.75 Å². The second-order valence-corrected chi connectivity index (χ2v) is 12.0. The van der Waals surface area contributed by atoms with Crippen LogP contribution in [0.15, 0.2) is 30.1 Å². The molecule has 0 aromatic heterocycles. The fourth-order valence-corrected chi connectivity index (χ4v) is 7.69. The Morgan fingerprint density at radius 3 is 2.55 bits per heavy atom. The second-order valence-electron chi connectivity index (χ2n) is 12.0. The van der Waals surface area contributed by atoms with E-state index in [0.29, 0.717) is 36.3 Å². The molecule has 0 amide bonds. The molecule has 0 spiro atoms. The number of likely N-dealkylation sites (N-methyl/N-ethyl adjacent to an activating group) is 1. The number of allylic oxidation sites excluding steroid dienone is 1. The minimum absolute atomic E-state index is 0.0879. The van der Waals surface area contributed by atoms with Crippen LogP contribution >= 0.6 is 0 Å². The number of fused-ring (bicyclic) bond motifs is 5. The first-order valence-electron chi connectivity index (χ1n) is 13.7. The molecule has 0 bridgehead atoms. The van der Waals surface area contributed by atoms with E-state index in [0.717, 1.165) is 57.8 Å². The summed E-state index contributed by atoms with van der Waals surface area (Å²) in [4.78, 5) is 1.53. The molecule has 1 aromatic rings. The summed E-state index contributed by atoms with van der Waals surface area (Å²) >= 11 is 0. The molecule has 38 heavy (non-hydrogen) atoms. The van der Waals surface area contributed by atoms with E-state index in [4.69, 9.17) is 0 Å². The first-order chi connectivity index (χ1) is 17.8. The number of hydrogen-bond donors (Lipinski definition) is 2. The third-order valence-corrected chi connectivity index (χ3v) is 9.63. The lowest BCUT2D eigenvalue weighted by atomic mass is 9.51. The molecule has 6 atom stereocenters. The van der Waals surface area contributed by atoms with Crippen LogP contribution in [0.4, 0.5) is 26.3 Å². The first-order valence-corrected chi connectivity index (χ1v) is 13.7. The Kier molecular flexibility index (Phi) is 8.49. The van der Waals surface area contributed by atoms with Crippen LogP contribution in [0.3, 0.4) is 0 Å². The Bertz CT molecular complexity index is 1010. The number of nitrogens with zero attached hydrogens (tertiary/aromatic N) is 1. The van der Waals surface area contributed by atoms with Gasteiger partial charge in [-0.05, 0) is 117 Å². The summed E-state index contributed by atoms with van der Waals surface area (Å²) in [6, 6.07) is 5.73. The van der Waals surface area contributed by atoms with Gasteiger partial charge in [-0.1, -0.05) is 25.8 Å². The molecular weight excluding hydrogens is 508 g/mol. The van der Waals surface area contributed by atoms with Crippen molar-refractivity contribution in [2.75, 3.05) is 20.1 Å². The number of alkyl halides is 5. The third kappa shape index (κ3) is 5.60. The highest BCUT2D eigenvalue weighted by Gasteiger charge is 2.61. The van der Waals surface area contributed by atoms with Gasteiger partial charge in [0, 0.05) is 6.54 Å². The number of benzene rings is 1. The monoisotopic (exact) mass is 547 g/mol. The first kappa shape index (κ1) is 29.2. The normalized spacial score (nSPS) is 31.7. The molecule has 0 heterocycles. The van der Waals surface area contributed by atoms with Gasteiger partial charge in [0.25, 0.3) is 0 Å². The summed E-state index contributed by atoms with van der Waals surface area (Å²) < 4.78 is 76.4. The van der Waals surface area contributed by atoms with Crippen molar-refractivity contribution in [1.29, 1.82) is 0 Å². The molecule has 9 heteroatoms. The van der Waals surface area contributed by atoms with E-state index in [2.05, 4.69) is 13.0 Å². The molecule has 3 aliphatic carbocycles. The van der Waals surface area contributed by atoms with Gasteiger partial charge >= 0.3 is 12.1 Å². The van der Waals surface area contributed by atoms with Crippen molar-refractivity contribution in [2.24, 2.45) is 23.2 Å². The van der Waals surface area contributed by atoms with E-state index < -0.39 is 17.9 Å². The van der Waals surface area contributed by atoms with Gasteiger partial charge in [0.1, 0.15) is 5.75 Å². The number of aliphatic hydroxyl groups is 1. The van der Waals surface area contributed by atoms with Crippen LogP contribution in [0, 0.1) is 23.2 Å². The maximum absolute atomic E-state index is 13.4. The van der Waals surface area contributed by atoms with Crippen LogP contribution in [0.2, 0.25) is 0 Å². The number of aliphatic hydroxyl groups excluding tert-OH is 1. The molecule has 0 radical (unpaired) electrons. The van der Waals surface area contributed by atoms with E-state index in [1.807, 2.05) is 6.07 Å². The number of aryl methyl sites for hydroxylation is 1. The van der Waals surface area contributed by atoms with Gasteiger partial charge in [0.2, 0.25) is 0 Å². The van der Waals surface area contributed by atoms with Crippen molar-refractivity contribution in [2.45, 2.75) is 88.8 Å². The molecule has 1 aromatic carbocycles. The minimum Gasteiger partial charge on any atom is -0.508 e. The number of hydrogen-bond acceptors (Lipinski definition) is 3. The molecule has 3 nitrogen and oxygen atoms in total. The zero-order valence-corrected chi connectivity index (χ0v) is 22.1. The number of phenols is 1. The molecular formula is C29H39F6NO2. The summed E-state index contributed by atoms with van der Waals surface area (Å²) in [5.74, 6) is -5.85. The van der Waals surface area contributed by atoms with Crippen LogP contribution < -0.4 is 0 Å². The number of unbranched alkanes of at least 4 members (excludes halogenated alkanes) is 2.